The molecular formula is C16H25NO2S2. The lowest BCUT2D eigenvalue weighted by Gasteiger charge is -2.30. The van der Waals surface area contributed by atoms with Crippen molar-refractivity contribution in [2.24, 2.45) is 5.41 Å². The van der Waals surface area contributed by atoms with Crippen molar-refractivity contribution in [3.63, 3.8) is 0 Å². The Hall–Kier alpha value is -0.680. The maximum atomic E-state index is 12.3. The number of amides is 1. The second-order valence-corrected chi connectivity index (χ2v) is 9.51. The van der Waals surface area contributed by atoms with Gasteiger partial charge in [-0.15, -0.1) is 11.3 Å². The van der Waals surface area contributed by atoms with Crippen molar-refractivity contribution in [3.8, 4) is 0 Å². The molecule has 3 nitrogen and oxygen atoms in total. The number of nitrogens with one attached hydrogen (secondary N) is 1. The van der Waals surface area contributed by atoms with Crippen LogP contribution in [0, 0.1) is 5.41 Å². The molecule has 1 amide bonds. The fourth-order valence-corrected chi connectivity index (χ4v) is 5.23. The summed E-state index contributed by atoms with van der Waals surface area (Å²) in [7, 11) is -1.02. The van der Waals surface area contributed by atoms with Crippen LogP contribution >= 0.6 is 11.3 Å². The molecule has 1 aromatic rings. The predicted molar refractivity (Wildman–Crippen MR) is 89.9 cm³/mol. The Morgan fingerprint density at radius 3 is 2.62 bits per heavy atom. The number of hydrogen-bond donors (Lipinski definition) is 1. The minimum Gasteiger partial charge on any atom is -0.347 e. The van der Waals surface area contributed by atoms with Gasteiger partial charge in [-0.2, -0.15) is 0 Å². The van der Waals surface area contributed by atoms with Gasteiger partial charge in [-0.25, -0.2) is 0 Å². The Balaban J connectivity index is 1.97. The van der Waals surface area contributed by atoms with Crippen LogP contribution in [-0.2, 0) is 15.6 Å². The van der Waals surface area contributed by atoms with Gasteiger partial charge in [0.15, 0.2) is 0 Å². The fraction of sp³-hybridized carbons (Fsp3) is 0.688. The van der Waals surface area contributed by atoms with E-state index < -0.39 is 10.8 Å². The molecule has 0 radical (unpaired) electrons. The van der Waals surface area contributed by atoms with E-state index in [1.54, 1.807) is 11.3 Å². The molecule has 0 unspecified atom stereocenters. The molecule has 118 valence electrons. The van der Waals surface area contributed by atoms with Crippen molar-refractivity contribution >= 4 is 28.0 Å². The highest BCUT2D eigenvalue weighted by Crippen LogP contribution is 2.35. The standard InChI is InChI=1S/C16H25NO2S2/c1-16(2,3)15(13-9-6-10-20-13)17-14(18)11-21(19)12-7-4-5-8-12/h6,9-10,12,15H,4-5,7-8,11H2,1-3H3,(H,17,18)/t15-,21-/m1/s1. The summed E-state index contributed by atoms with van der Waals surface area (Å²) in [5.41, 5.74) is -0.0602. The van der Waals surface area contributed by atoms with E-state index in [-0.39, 0.29) is 28.4 Å². The van der Waals surface area contributed by atoms with E-state index in [4.69, 9.17) is 0 Å². The molecule has 1 N–H and O–H groups in total. The lowest BCUT2D eigenvalue weighted by Crippen LogP contribution is -2.39. The van der Waals surface area contributed by atoms with E-state index in [0.29, 0.717) is 0 Å². The van der Waals surface area contributed by atoms with Crippen LogP contribution in [0.15, 0.2) is 17.5 Å². The van der Waals surface area contributed by atoms with Crippen molar-refractivity contribution in [1.29, 1.82) is 0 Å². The summed E-state index contributed by atoms with van der Waals surface area (Å²) < 4.78 is 12.2. The third kappa shape index (κ3) is 4.65. The molecule has 1 aromatic heterocycles. The first-order valence-corrected chi connectivity index (χ1v) is 9.84. The van der Waals surface area contributed by atoms with Gasteiger partial charge in [0.2, 0.25) is 5.91 Å². The van der Waals surface area contributed by atoms with Gasteiger partial charge in [0.25, 0.3) is 0 Å². The van der Waals surface area contributed by atoms with Gasteiger partial charge in [-0.1, -0.05) is 39.7 Å². The van der Waals surface area contributed by atoms with Crippen LogP contribution in [0.5, 0.6) is 0 Å². The third-order valence-electron chi connectivity index (χ3n) is 3.95. The average molecular weight is 328 g/mol. The van der Waals surface area contributed by atoms with E-state index in [9.17, 15) is 9.00 Å². The second-order valence-electron chi connectivity index (χ2n) is 6.81. The van der Waals surface area contributed by atoms with Crippen LogP contribution in [0.3, 0.4) is 0 Å². The van der Waals surface area contributed by atoms with Gasteiger partial charge in [0, 0.05) is 20.9 Å². The SMILES string of the molecule is CC(C)(C)[C@H](NC(=O)C[S@@](=O)C1CCCC1)c1cccs1. The highest BCUT2D eigenvalue weighted by atomic mass is 32.2. The summed E-state index contributed by atoms with van der Waals surface area (Å²) in [6.07, 6.45) is 4.32. The number of carbonyl (C=O) groups excluding carboxylic acids is 1. The zero-order valence-electron chi connectivity index (χ0n) is 13.1. The lowest BCUT2D eigenvalue weighted by atomic mass is 9.86. The maximum absolute atomic E-state index is 12.3. The molecular weight excluding hydrogens is 302 g/mol. The van der Waals surface area contributed by atoms with E-state index in [1.165, 1.54) is 0 Å². The Morgan fingerprint density at radius 2 is 2.10 bits per heavy atom. The highest BCUT2D eigenvalue weighted by molar-refractivity contribution is 7.86. The normalized spacial score (nSPS) is 19.4. The maximum Gasteiger partial charge on any atom is 0.233 e. The number of thiophene rings is 1. The topological polar surface area (TPSA) is 46.2 Å². The summed E-state index contributed by atoms with van der Waals surface area (Å²) >= 11 is 1.65. The van der Waals surface area contributed by atoms with Crippen molar-refractivity contribution < 1.29 is 9.00 Å². The van der Waals surface area contributed by atoms with E-state index in [1.807, 2.05) is 11.4 Å². The minimum absolute atomic E-state index is 0.0226. The van der Waals surface area contributed by atoms with Crippen LogP contribution in [0.4, 0.5) is 0 Å². The summed E-state index contributed by atoms with van der Waals surface area (Å²) in [5.74, 6) is 0.0522. The predicted octanol–water partition coefficient (Wildman–Crippen LogP) is 3.64. The zero-order valence-corrected chi connectivity index (χ0v) is 14.7. The fourth-order valence-electron chi connectivity index (χ4n) is 2.77. The molecule has 5 heteroatoms. The second kappa shape index (κ2) is 7.05. The quantitative estimate of drug-likeness (QED) is 0.897. The molecule has 1 saturated carbocycles. The molecule has 1 heterocycles. The molecule has 0 aromatic carbocycles. The Labute approximate surface area is 134 Å². The molecule has 0 aliphatic heterocycles. The van der Waals surface area contributed by atoms with Gasteiger partial charge in [0.05, 0.1) is 6.04 Å². The molecule has 0 bridgehead atoms. The molecule has 2 atom stereocenters. The van der Waals surface area contributed by atoms with Crippen LogP contribution in [0.25, 0.3) is 0 Å². The van der Waals surface area contributed by atoms with Gasteiger partial charge in [0.1, 0.15) is 5.75 Å². The van der Waals surface area contributed by atoms with E-state index in [0.717, 1.165) is 30.6 Å². The number of rotatable bonds is 5. The summed E-state index contributed by atoms with van der Waals surface area (Å²) in [6.45, 7) is 6.35. The first-order chi connectivity index (χ1) is 9.88. The van der Waals surface area contributed by atoms with Crippen LogP contribution in [-0.4, -0.2) is 21.1 Å². The Kier molecular flexibility index (Phi) is 5.60. The molecule has 1 fully saturated rings. The van der Waals surface area contributed by atoms with Crippen LogP contribution in [0.1, 0.15) is 57.4 Å². The molecule has 0 spiro atoms. The highest BCUT2D eigenvalue weighted by Gasteiger charge is 2.30. The zero-order chi connectivity index (χ0) is 15.5. The molecule has 1 aliphatic rings. The van der Waals surface area contributed by atoms with E-state index in [2.05, 4.69) is 32.2 Å². The molecule has 21 heavy (non-hydrogen) atoms. The van der Waals surface area contributed by atoms with Gasteiger partial charge in [-0.05, 0) is 29.7 Å². The van der Waals surface area contributed by atoms with Crippen LogP contribution < -0.4 is 5.32 Å². The summed E-state index contributed by atoms with van der Waals surface area (Å²) in [4.78, 5) is 13.4. The Bertz CT molecular complexity index is 485. The van der Waals surface area contributed by atoms with Crippen molar-refractivity contribution in [2.75, 3.05) is 5.75 Å². The Morgan fingerprint density at radius 1 is 1.43 bits per heavy atom. The van der Waals surface area contributed by atoms with Crippen molar-refractivity contribution in [1.82, 2.24) is 5.32 Å². The summed E-state index contributed by atoms with van der Waals surface area (Å²) in [5, 5.41) is 5.34. The van der Waals surface area contributed by atoms with Gasteiger partial charge in [-0.3, -0.25) is 9.00 Å². The summed E-state index contributed by atoms with van der Waals surface area (Å²) in [6, 6.07) is 4.03. The van der Waals surface area contributed by atoms with Gasteiger partial charge < -0.3 is 5.32 Å². The largest absolute Gasteiger partial charge is 0.347 e. The molecule has 2 rings (SSSR count). The van der Waals surface area contributed by atoms with Gasteiger partial charge >= 0.3 is 0 Å². The first-order valence-electron chi connectivity index (χ1n) is 7.58. The van der Waals surface area contributed by atoms with Crippen molar-refractivity contribution in [2.45, 2.75) is 57.7 Å². The first kappa shape index (κ1) is 16.7. The average Bonchev–Trinajstić information content (AvgIpc) is 3.07. The molecule has 0 saturated heterocycles. The number of carbonyl (C=O) groups is 1. The monoisotopic (exact) mass is 327 g/mol. The van der Waals surface area contributed by atoms with Crippen LogP contribution in [0.2, 0.25) is 0 Å². The van der Waals surface area contributed by atoms with Crippen molar-refractivity contribution in [3.05, 3.63) is 22.4 Å². The minimum atomic E-state index is -1.02. The smallest absolute Gasteiger partial charge is 0.233 e. The third-order valence-corrected chi connectivity index (χ3v) is 6.65. The molecule has 1 aliphatic carbocycles. The lowest BCUT2D eigenvalue weighted by molar-refractivity contribution is -0.120. The van der Waals surface area contributed by atoms with E-state index >= 15 is 0 Å². The number of hydrogen-bond acceptors (Lipinski definition) is 3.